The highest BCUT2D eigenvalue weighted by Gasteiger charge is 2.23. The van der Waals surface area contributed by atoms with Gasteiger partial charge >= 0.3 is 6.09 Å². The van der Waals surface area contributed by atoms with Gasteiger partial charge in [-0.2, -0.15) is 0 Å². The lowest BCUT2D eigenvalue weighted by Gasteiger charge is -2.14. The SMILES string of the molecule is Cc1ccc(-n2cnnc2SCC(=O)Nc2cccc(N3CCOC3=O)c2)cc1Cl. The molecule has 0 aliphatic carbocycles. The number of hydrogen-bond acceptors (Lipinski definition) is 6. The van der Waals surface area contributed by atoms with E-state index < -0.39 is 0 Å². The van der Waals surface area contributed by atoms with Crippen LogP contribution in [0.25, 0.3) is 5.69 Å². The lowest BCUT2D eigenvalue weighted by Crippen LogP contribution is -2.23. The Balaban J connectivity index is 1.40. The number of ether oxygens (including phenoxy) is 1. The first-order valence-corrected chi connectivity index (χ1v) is 10.5. The van der Waals surface area contributed by atoms with E-state index in [0.717, 1.165) is 11.3 Å². The largest absolute Gasteiger partial charge is 0.447 e. The number of amides is 2. The van der Waals surface area contributed by atoms with Gasteiger partial charge in [-0.05, 0) is 42.8 Å². The summed E-state index contributed by atoms with van der Waals surface area (Å²) in [6.07, 6.45) is 1.20. The van der Waals surface area contributed by atoms with E-state index in [1.54, 1.807) is 35.2 Å². The summed E-state index contributed by atoms with van der Waals surface area (Å²) in [5.74, 6) is -0.0495. The maximum atomic E-state index is 12.4. The predicted octanol–water partition coefficient (Wildman–Crippen LogP) is 3.92. The van der Waals surface area contributed by atoms with Crippen LogP contribution >= 0.6 is 23.4 Å². The van der Waals surface area contributed by atoms with Crippen LogP contribution in [0.5, 0.6) is 0 Å². The Kier molecular flexibility index (Phi) is 5.91. The molecule has 0 spiro atoms. The zero-order valence-electron chi connectivity index (χ0n) is 16.0. The molecule has 1 N–H and O–H groups in total. The van der Waals surface area contributed by atoms with Crippen molar-refractivity contribution in [3.05, 3.63) is 59.4 Å². The van der Waals surface area contributed by atoms with Crippen LogP contribution in [0.15, 0.2) is 53.9 Å². The zero-order chi connectivity index (χ0) is 21.1. The van der Waals surface area contributed by atoms with Crippen molar-refractivity contribution in [2.45, 2.75) is 12.1 Å². The number of rotatable bonds is 6. The van der Waals surface area contributed by atoms with Crippen LogP contribution in [0.1, 0.15) is 5.56 Å². The topological polar surface area (TPSA) is 89.3 Å². The zero-order valence-corrected chi connectivity index (χ0v) is 17.6. The molecule has 0 atom stereocenters. The summed E-state index contributed by atoms with van der Waals surface area (Å²) in [7, 11) is 0. The summed E-state index contributed by atoms with van der Waals surface area (Å²) < 4.78 is 6.74. The first-order chi connectivity index (χ1) is 14.5. The first kappa shape index (κ1) is 20.2. The average molecular weight is 444 g/mol. The fraction of sp³-hybridized carbons (Fsp3) is 0.200. The predicted molar refractivity (Wildman–Crippen MR) is 116 cm³/mol. The Morgan fingerprint density at radius 3 is 2.90 bits per heavy atom. The second-order valence-electron chi connectivity index (χ2n) is 6.57. The first-order valence-electron chi connectivity index (χ1n) is 9.15. The van der Waals surface area contributed by atoms with Crippen molar-refractivity contribution < 1.29 is 14.3 Å². The highest BCUT2D eigenvalue weighted by atomic mass is 35.5. The van der Waals surface area contributed by atoms with E-state index in [9.17, 15) is 9.59 Å². The standard InChI is InChI=1S/C20H18ClN5O3S/c1-13-5-6-16(10-17(13)21)26-12-22-24-19(26)30-11-18(27)23-14-3-2-4-15(9-14)25-7-8-29-20(25)28/h2-6,9-10,12H,7-8,11H2,1H3,(H,23,27). The summed E-state index contributed by atoms with van der Waals surface area (Å²) in [6.45, 7) is 2.78. The Labute approximate surface area is 182 Å². The molecular weight excluding hydrogens is 426 g/mol. The van der Waals surface area contributed by atoms with Gasteiger partial charge in [-0.1, -0.05) is 35.5 Å². The molecule has 0 saturated carbocycles. The summed E-state index contributed by atoms with van der Waals surface area (Å²) in [6, 6.07) is 12.8. The minimum atomic E-state index is -0.385. The van der Waals surface area contributed by atoms with Gasteiger partial charge < -0.3 is 10.1 Å². The number of nitrogens with one attached hydrogen (secondary N) is 1. The van der Waals surface area contributed by atoms with Gasteiger partial charge in [0.15, 0.2) is 5.16 Å². The van der Waals surface area contributed by atoms with Gasteiger partial charge in [0.1, 0.15) is 12.9 Å². The third kappa shape index (κ3) is 4.42. The van der Waals surface area contributed by atoms with Crippen molar-refractivity contribution in [3.63, 3.8) is 0 Å². The molecule has 2 heterocycles. The van der Waals surface area contributed by atoms with E-state index in [0.29, 0.717) is 34.7 Å². The van der Waals surface area contributed by atoms with Crippen molar-refractivity contribution in [3.8, 4) is 5.69 Å². The van der Waals surface area contributed by atoms with Gasteiger partial charge in [-0.3, -0.25) is 14.3 Å². The molecule has 0 radical (unpaired) electrons. The van der Waals surface area contributed by atoms with Crippen molar-refractivity contribution >= 4 is 46.7 Å². The van der Waals surface area contributed by atoms with Crippen molar-refractivity contribution in [1.29, 1.82) is 0 Å². The van der Waals surface area contributed by atoms with Crippen LogP contribution in [-0.4, -0.2) is 45.7 Å². The smallest absolute Gasteiger partial charge is 0.414 e. The van der Waals surface area contributed by atoms with Crippen molar-refractivity contribution in [2.75, 3.05) is 29.1 Å². The van der Waals surface area contributed by atoms with Crippen LogP contribution in [0.2, 0.25) is 5.02 Å². The van der Waals surface area contributed by atoms with E-state index in [1.165, 1.54) is 16.7 Å². The molecule has 1 aliphatic heterocycles. The number of anilines is 2. The Hall–Kier alpha value is -3.04. The van der Waals surface area contributed by atoms with Crippen LogP contribution in [0.3, 0.4) is 0 Å². The van der Waals surface area contributed by atoms with E-state index in [4.69, 9.17) is 16.3 Å². The monoisotopic (exact) mass is 443 g/mol. The van der Waals surface area contributed by atoms with E-state index >= 15 is 0 Å². The molecule has 154 valence electrons. The maximum absolute atomic E-state index is 12.4. The number of carbonyl (C=O) groups excluding carboxylic acids is 2. The van der Waals surface area contributed by atoms with Crippen molar-refractivity contribution in [1.82, 2.24) is 14.8 Å². The number of nitrogens with zero attached hydrogens (tertiary/aromatic N) is 4. The lowest BCUT2D eigenvalue weighted by atomic mass is 10.2. The molecule has 0 bridgehead atoms. The Morgan fingerprint density at radius 2 is 2.13 bits per heavy atom. The molecule has 1 aromatic heterocycles. The molecule has 1 fully saturated rings. The molecule has 0 unspecified atom stereocenters. The summed E-state index contributed by atoms with van der Waals surface area (Å²) in [4.78, 5) is 25.7. The van der Waals surface area contributed by atoms with Crippen LogP contribution in [0.4, 0.5) is 16.2 Å². The molecule has 10 heteroatoms. The minimum absolute atomic E-state index is 0.147. The fourth-order valence-electron chi connectivity index (χ4n) is 2.94. The van der Waals surface area contributed by atoms with Crippen LogP contribution in [0, 0.1) is 6.92 Å². The Bertz CT molecular complexity index is 1100. The number of hydrogen-bond donors (Lipinski definition) is 1. The second-order valence-corrected chi connectivity index (χ2v) is 7.92. The fourth-order valence-corrected chi connectivity index (χ4v) is 3.84. The molecule has 8 nitrogen and oxygen atoms in total. The maximum Gasteiger partial charge on any atom is 0.414 e. The van der Waals surface area contributed by atoms with Gasteiger partial charge in [0.05, 0.1) is 18.0 Å². The minimum Gasteiger partial charge on any atom is -0.447 e. The van der Waals surface area contributed by atoms with Crippen LogP contribution < -0.4 is 10.2 Å². The summed E-state index contributed by atoms with van der Waals surface area (Å²) >= 11 is 7.48. The van der Waals surface area contributed by atoms with Gasteiger partial charge in [-0.25, -0.2) is 4.79 Å². The normalized spacial score (nSPS) is 13.4. The molecule has 4 rings (SSSR count). The second kappa shape index (κ2) is 8.76. The van der Waals surface area contributed by atoms with Gasteiger partial charge in [0.2, 0.25) is 5.91 Å². The number of aryl methyl sites for hydroxylation is 1. The molecule has 1 saturated heterocycles. The third-order valence-electron chi connectivity index (χ3n) is 4.48. The molecule has 1 aliphatic rings. The van der Waals surface area contributed by atoms with Gasteiger partial charge in [-0.15, -0.1) is 10.2 Å². The molecule has 3 aromatic rings. The number of cyclic esters (lactones) is 1. The summed E-state index contributed by atoms with van der Waals surface area (Å²) in [5, 5.41) is 12.1. The quantitative estimate of drug-likeness (QED) is 0.581. The van der Waals surface area contributed by atoms with E-state index in [2.05, 4.69) is 15.5 Å². The highest BCUT2D eigenvalue weighted by Crippen LogP contribution is 2.25. The van der Waals surface area contributed by atoms with E-state index in [-0.39, 0.29) is 17.8 Å². The third-order valence-corrected chi connectivity index (χ3v) is 5.84. The van der Waals surface area contributed by atoms with Crippen molar-refractivity contribution in [2.24, 2.45) is 0 Å². The van der Waals surface area contributed by atoms with Gasteiger partial charge in [0, 0.05) is 16.4 Å². The summed E-state index contributed by atoms with van der Waals surface area (Å²) in [5.41, 5.74) is 3.08. The molecule has 2 aromatic carbocycles. The number of thioether (sulfide) groups is 1. The van der Waals surface area contributed by atoms with Gasteiger partial charge in [0.25, 0.3) is 0 Å². The lowest BCUT2D eigenvalue weighted by molar-refractivity contribution is -0.113. The average Bonchev–Trinajstić information content (AvgIpc) is 3.37. The number of halogens is 1. The molecule has 30 heavy (non-hydrogen) atoms. The van der Waals surface area contributed by atoms with Crippen LogP contribution in [-0.2, 0) is 9.53 Å². The molecule has 2 amide bonds. The molecular formula is C20H18ClN5O3S. The number of benzene rings is 2. The van der Waals surface area contributed by atoms with E-state index in [1.807, 2.05) is 25.1 Å². The Morgan fingerprint density at radius 1 is 1.27 bits per heavy atom. The number of aromatic nitrogens is 3. The number of carbonyl (C=O) groups is 2. The highest BCUT2D eigenvalue weighted by molar-refractivity contribution is 7.99.